The number of aliphatic hydroxyl groups is 1. The highest BCUT2D eigenvalue weighted by atomic mass is 32.2. The number of methoxy groups -OCH3 is 1. The Hall–Kier alpha value is -4.00. The first-order valence-electron chi connectivity index (χ1n) is 14.6. The third-order valence-corrected chi connectivity index (χ3v) is 9.48. The number of carbonyl (C=O) groups excluding carboxylic acids is 2. The number of amides is 2. The Morgan fingerprint density at radius 2 is 1.91 bits per heavy atom. The third-order valence-electron chi connectivity index (χ3n) is 7.65. The lowest BCUT2D eigenvalue weighted by Crippen LogP contribution is -2.53. The highest BCUT2D eigenvalue weighted by Gasteiger charge is 2.39. The number of sulfonamides is 1. The number of ether oxygens (including phenoxy) is 2. The van der Waals surface area contributed by atoms with E-state index < -0.39 is 40.3 Å². The van der Waals surface area contributed by atoms with E-state index in [9.17, 15) is 23.1 Å². The number of nitrogens with zero attached hydrogens (tertiary/aromatic N) is 3. The van der Waals surface area contributed by atoms with Crippen molar-refractivity contribution in [2.24, 2.45) is 5.92 Å². The third kappa shape index (κ3) is 8.13. The fraction of sp³-hybridized carbons (Fsp3) is 0.406. The molecule has 44 heavy (non-hydrogen) atoms. The molecule has 1 aliphatic rings. The van der Waals surface area contributed by atoms with Gasteiger partial charge in [0.05, 0.1) is 30.7 Å². The van der Waals surface area contributed by atoms with E-state index in [0.717, 1.165) is 17.5 Å². The second-order valence-corrected chi connectivity index (χ2v) is 13.0. The van der Waals surface area contributed by atoms with E-state index in [4.69, 9.17) is 9.47 Å². The van der Waals surface area contributed by atoms with Crippen LogP contribution >= 0.6 is 0 Å². The van der Waals surface area contributed by atoms with Gasteiger partial charge in [-0.1, -0.05) is 56.7 Å². The normalized spacial score (nSPS) is 17.2. The standard InChI is InChI=1S/C32H40N4O7S/c1-5-22(2)19-35(44(40,41)26-13-9-12-25(18-26)42-4)20-28(37)27(17-24-10-7-6-8-11-24)34-31(38)29-21-36(32(39)43-29)30-16-23(3)14-15-33-30/h6-16,18,22,27-29,37H,5,17,19-21H2,1-4H3,(H,34,38)/t22-,27?,28-,29?/m1/s1. The van der Waals surface area contributed by atoms with Crippen LogP contribution in [0.4, 0.5) is 10.6 Å². The molecule has 2 N–H and O–H groups in total. The predicted octanol–water partition coefficient (Wildman–Crippen LogP) is 3.55. The summed E-state index contributed by atoms with van der Waals surface area (Å²) in [5, 5.41) is 14.4. The van der Waals surface area contributed by atoms with Crippen molar-refractivity contribution in [3.8, 4) is 5.75 Å². The van der Waals surface area contributed by atoms with Gasteiger partial charge in [0.15, 0.2) is 6.10 Å². The summed E-state index contributed by atoms with van der Waals surface area (Å²) in [7, 11) is -2.58. The van der Waals surface area contributed by atoms with Crippen molar-refractivity contribution >= 4 is 27.8 Å². The number of aromatic nitrogens is 1. The molecule has 0 bridgehead atoms. The molecule has 1 aliphatic heterocycles. The van der Waals surface area contributed by atoms with Crippen molar-refractivity contribution in [1.29, 1.82) is 0 Å². The molecule has 1 saturated heterocycles. The number of hydrogen-bond donors (Lipinski definition) is 2. The monoisotopic (exact) mass is 624 g/mol. The Morgan fingerprint density at radius 1 is 1.16 bits per heavy atom. The van der Waals surface area contributed by atoms with Gasteiger partial charge in [-0.05, 0) is 54.7 Å². The van der Waals surface area contributed by atoms with Crippen LogP contribution in [0.3, 0.4) is 0 Å². The quantitative estimate of drug-likeness (QED) is 0.278. The molecule has 0 spiro atoms. The number of anilines is 1. The van der Waals surface area contributed by atoms with E-state index in [1.54, 1.807) is 30.5 Å². The lowest BCUT2D eigenvalue weighted by molar-refractivity contribution is -0.129. The van der Waals surface area contributed by atoms with Gasteiger partial charge in [-0.25, -0.2) is 18.2 Å². The molecule has 4 atom stereocenters. The lowest BCUT2D eigenvalue weighted by Gasteiger charge is -2.31. The molecule has 12 heteroatoms. The molecule has 2 aromatic carbocycles. The number of carbonyl (C=O) groups is 2. The van der Waals surface area contributed by atoms with E-state index in [2.05, 4.69) is 10.3 Å². The predicted molar refractivity (Wildman–Crippen MR) is 166 cm³/mol. The first-order chi connectivity index (χ1) is 21.0. The van der Waals surface area contributed by atoms with Crippen LogP contribution in [0.25, 0.3) is 0 Å². The molecule has 1 fully saturated rings. The van der Waals surface area contributed by atoms with Crippen LogP contribution in [0.5, 0.6) is 5.75 Å². The van der Waals surface area contributed by atoms with Gasteiger partial charge in [0.25, 0.3) is 5.91 Å². The van der Waals surface area contributed by atoms with Crippen LogP contribution in [0.15, 0.2) is 77.8 Å². The topological polar surface area (TPSA) is 138 Å². The van der Waals surface area contributed by atoms with E-state index in [1.807, 2.05) is 51.1 Å². The summed E-state index contributed by atoms with van der Waals surface area (Å²) >= 11 is 0. The second kappa shape index (κ2) is 14.7. The van der Waals surface area contributed by atoms with Gasteiger partial charge in [0.2, 0.25) is 10.0 Å². The number of pyridine rings is 1. The second-order valence-electron chi connectivity index (χ2n) is 11.1. The Morgan fingerprint density at radius 3 is 2.59 bits per heavy atom. The Kier molecular flexibility index (Phi) is 11.0. The minimum Gasteiger partial charge on any atom is -0.497 e. The van der Waals surface area contributed by atoms with Crippen molar-refractivity contribution in [2.75, 3.05) is 31.6 Å². The Balaban J connectivity index is 1.57. The summed E-state index contributed by atoms with van der Waals surface area (Å²) in [6.45, 7) is 5.61. The van der Waals surface area contributed by atoms with Crippen LogP contribution in [-0.4, -0.2) is 79.8 Å². The summed E-state index contributed by atoms with van der Waals surface area (Å²) in [6.07, 6.45) is -0.630. The van der Waals surface area contributed by atoms with Crippen molar-refractivity contribution in [2.45, 2.75) is 56.8 Å². The van der Waals surface area contributed by atoms with Crippen LogP contribution in [0.1, 0.15) is 31.4 Å². The van der Waals surface area contributed by atoms with Crippen molar-refractivity contribution < 1.29 is 32.6 Å². The SMILES string of the molecule is CC[C@@H](C)CN(C[C@@H](O)C(Cc1ccccc1)NC(=O)C1CN(c2cc(C)ccn2)C(=O)O1)S(=O)(=O)c1cccc(OC)c1. The minimum absolute atomic E-state index is 0.00358. The Labute approximate surface area is 258 Å². The number of hydrogen-bond acceptors (Lipinski definition) is 8. The molecule has 4 rings (SSSR count). The van der Waals surface area contributed by atoms with E-state index in [0.29, 0.717) is 11.6 Å². The molecule has 2 heterocycles. The van der Waals surface area contributed by atoms with Crippen molar-refractivity contribution in [1.82, 2.24) is 14.6 Å². The highest BCUT2D eigenvalue weighted by molar-refractivity contribution is 7.89. The first kappa shape index (κ1) is 32.9. The number of rotatable bonds is 14. The molecule has 2 unspecified atom stereocenters. The lowest BCUT2D eigenvalue weighted by atomic mass is 10.0. The highest BCUT2D eigenvalue weighted by Crippen LogP contribution is 2.24. The van der Waals surface area contributed by atoms with Gasteiger partial charge in [-0.2, -0.15) is 4.31 Å². The smallest absolute Gasteiger partial charge is 0.416 e. The molecule has 0 aliphatic carbocycles. The van der Waals surface area contributed by atoms with Crippen LogP contribution < -0.4 is 15.0 Å². The molecule has 1 aromatic heterocycles. The van der Waals surface area contributed by atoms with Gasteiger partial charge in [-0.3, -0.25) is 9.69 Å². The fourth-order valence-corrected chi connectivity index (χ4v) is 6.49. The molecular weight excluding hydrogens is 584 g/mol. The number of cyclic esters (lactones) is 1. The summed E-state index contributed by atoms with van der Waals surface area (Å²) in [5.74, 6) is 0.168. The van der Waals surface area contributed by atoms with Crippen molar-refractivity contribution in [3.63, 3.8) is 0 Å². The average Bonchev–Trinajstić information content (AvgIpc) is 3.42. The van der Waals surface area contributed by atoms with Gasteiger partial charge in [0.1, 0.15) is 11.6 Å². The van der Waals surface area contributed by atoms with Gasteiger partial charge in [0, 0.05) is 25.4 Å². The molecule has 2 amide bonds. The van der Waals surface area contributed by atoms with Gasteiger partial charge in [-0.15, -0.1) is 0 Å². The molecular formula is C32H40N4O7S. The number of benzene rings is 2. The summed E-state index contributed by atoms with van der Waals surface area (Å²) in [4.78, 5) is 31.6. The average molecular weight is 625 g/mol. The van der Waals surface area contributed by atoms with Crippen LogP contribution in [0, 0.1) is 12.8 Å². The zero-order valence-corrected chi connectivity index (χ0v) is 26.2. The van der Waals surface area contributed by atoms with Crippen LogP contribution in [-0.2, 0) is 26.0 Å². The molecule has 11 nitrogen and oxygen atoms in total. The fourth-order valence-electron chi connectivity index (χ4n) is 4.88. The number of aryl methyl sites for hydroxylation is 1. The maximum Gasteiger partial charge on any atom is 0.416 e. The number of nitrogens with one attached hydrogen (secondary N) is 1. The molecule has 236 valence electrons. The van der Waals surface area contributed by atoms with E-state index in [1.165, 1.54) is 28.4 Å². The van der Waals surface area contributed by atoms with E-state index in [-0.39, 0.29) is 36.9 Å². The van der Waals surface area contributed by atoms with Gasteiger partial charge >= 0.3 is 6.09 Å². The minimum atomic E-state index is -4.04. The summed E-state index contributed by atoms with van der Waals surface area (Å²) in [5.41, 5.74) is 1.72. The van der Waals surface area contributed by atoms with Crippen molar-refractivity contribution in [3.05, 3.63) is 84.1 Å². The van der Waals surface area contributed by atoms with Crippen LogP contribution in [0.2, 0.25) is 0 Å². The summed E-state index contributed by atoms with van der Waals surface area (Å²) < 4.78 is 39.5. The largest absolute Gasteiger partial charge is 0.497 e. The van der Waals surface area contributed by atoms with E-state index >= 15 is 0 Å². The zero-order chi connectivity index (χ0) is 31.9. The Bertz CT molecular complexity index is 1540. The molecule has 0 radical (unpaired) electrons. The summed E-state index contributed by atoms with van der Waals surface area (Å²) in [6, 6.07) is 18.1. The maximum absolute atomic E-state index is 13.8. The van der Waals surface area contributed by atoms with Gasteiger partial charge < -0.3 is 19.9 Å². The molecule has 3 aromatic rings. The number of aliphatic hydroxyl groups excluding tert-OH is 1. The zero-order valence-electron chi connectivity index (χ0n) is 25.4. The first-order valence-corrected chi connectivity index (χ1v) is 16.0. The molecule has 0 saturated carbocycles. The maximum atomic E-state index is 13.8.